The topological polar surface area (TPSA) is 17.1 Å². The molecule has 0 amide bonds. The summed E-state index contributed by atoms with van der Waals surface area (Å²) in [4.78, 5) is 10.5. The smallest absolute Gasteiger partial charge is 0.150 e. The minimum Gasteiger partial charge on any atom is -0.298 e. The zero-order valence-electron chi connectivity index (χ0n) is 6.30. The molecule has 58 valence electrons. The molecular weight excluding hydrogens is 204 g/mol. The van der Waals surface area contributed by atoms with Gasteiger partial charge in [-0.3, -0.25) is 4.79 Å². The lowest BCUT2D eigenvalue weighted by Gasteiger charge is -2.00. The number of halogens is 1. The van der Waals surface area contributed by atoms with Gasteiger partial charge in [-0.05, 0) is 12.5 Å². The summed E-state index contributed by atoms with van der Waals surface area (Å²) < 4.78 is 0. The van der Waals surface area contributed by atoms with Gasteiger partial charge in [0.2, 0.25) is 0 Å². The molecule has 0 heterocycles. The highest BCUT2D eigenvalue weighted by molar-refractivity contribution is 9.08. The van der Waals surface area contributed by atoms with Gasteiger partial charge in [0.05, 0.1) is 0 Å². The lowest BCUT2D eigenvalue weighted by Crippen LogP contribution is -1.89. The van der Waals surface area contributed by atoms with Gasteiger partial charge in [0.15, 0.2) is 0 Å². The molecule has 11 heavy (non-hydrogen) atoms. The minimum atomic E-state index is 0.739. The fraction of sp³-hybridized carbons (Fsp3) is 0.222. The Hall–Kier alpha value is -0.630. The first kappa shape index (κ1) is 8.47. The summed E-state index contributed by atoms with van der Waals surface area (Å²) >= 11 is 3.32. The number of carbonyl (C=O) groups is 1. The van der Waals surface area contributed by atoms with Crippen LogP contribution in [0.4, 0.5) is 0 Å². The highest BCUT2D eigenvalue weighted by Crippen LogP contribution is 2.12. The standard InChI is InChI=1S/C9H9BrO/c1-7-2-3-8(6-11)9(4-7)5-10/h2-4,6H,5H2,1H3. The van der Waals surface area contributed by atoms with Gasteiger partial charge in [-0.2, -0.15) is 0 Å². The van der Waals surface area contributed by atoms with Crippen molar-refractivity contribution >= 4 is 22.2 Å². The van der Waals surface area contributed by atoms with Gasteiger partial charge in [0, 0.05) is 10.9 Å². The maximum absolute atomic E-state index is 10.5. The van der Waals surface area contributed by atoms with Crippen LogP contribution in [0, 0.1) is 6.92 Å². The van der Waals surface area contributed by atoms with Gasteiger partial charge in [0.1, 0.15) is 6.29 Å². The van der Waals surface area contributed by atoms with E-state index in [0.717, 1.165) is 22.7 Å². The summed E-state index contributed by atoms with van der Waals surface area (Å²) in [6.07, 6.45) is 0.885. The Balaban J connectivity index is 3.16. The SMILES string of the molecule is Cc1ccc(C=O)c(CBr)c1. The second-order valence-corrected chi connectivity index (χ2v) is 3.01. The van der Waals surface area contributed by atoms with Gasteiger partial charge < -0.3 is 0 Å². The van der Waals surface area contributed by atoms with Crippen LogP contribution in [0.5, 0.6) is 0 Å². The molecule has 0 aromatic heterocycles. The van der Waals surface area contributed by atoms with Crippen LogP contribution in [0.15, 0.2) is 18.2 Å². The van der Waals surface area contributed by atoms with Gasteiger partial charge in [-0.15, -0.1) is 0 Å². The van der Waals surface area contributed by atoms with Crippen LogP contribution in [0.25, 0.3) is 0 Å². The summed E-state index contributed by atoms with van der Waals surface area (Å²) in [6, 6.07) is 5.80. The van der Waals surface area contributed by atoms with E-state index in [1.165, 1.54) is 5.56 Å². The lowest BCUT2D eigenvalue weighted by atomic mass is 10.1. The second kappa shape index (κ2) is 3.67. The molecule has 1 aromatic rings. The number of aldehydes is 1. The van der Waals surface area contributed by atoms with Crippen LogP contribution >= 0.6 is 15.9 Å². The summed E-state index contributed by atoms with van der Waals surface area (Å²) in [5.74, 6) is 0. The summed E-state index contributed by atoms with van der Waals surface area (Å²) in [7, 11) is 0. The predicted molar refractivity (Wildman–Crippen MR) is 49.2 cm³/mol. The molecule has 0 aliphatic rings. The highest BCUT2D eigenvalue weighted by atomic mass is 79.9. The molecular formula is C9H9BrO. The van der Waals surface area contributed by atoms with E-state index in [9.17, 15) is 4.79 Å². The number of hydrogen-bond acceptors (Lipinski definition) is 1. The summed E-state index contributed by atoms with van der Waals surface area (Å²) in [6.45, 7) is 2.01. The molecule has 0 radical (unpaired) electrons. The van der Waals surface area contributed by atoms with E-state index in [1.807, 2.05) is 25.1 Å². The van der Waals surface area contributed by atoms with Crippen molar-refractivity contribution in [3.05, 3.63) is 34.9 Å². The molecule has 0 aliphatic carbocycles. The van der Waals surface area contributed by atoms with Gasteiger partial charge in [0.25, 0.3) is 0 Å². The van der Waals surface area contributed by atoms with E-state index in [-0.39, 0.29) is 0 Å². The van der Waals surface area contributed by atoms with Gasteiger partial charge in [-0.25, -0.2) is 0 Å². The van der Waals surface area contributed by atoms with Crippen molar-refractivity contribution in [2.75, 3.05) is 0 Å². The molecule has 2 heteroatoms. The average Bonchev–Trinajstić information content (AvgIpc) is 2.04. The van der Waals surface area contributed by atoms with Crippen molar-refractivity contribution in [2.45, 2.75) is 12.3 Å². The third-order valence-electron chi connectivity index (χ3n) is 1.57. The number of hydrogen-bond donors (Lipinski definition) is 0. The molecule has 0 unspecified atom stereocenters. The number of aryl methyl sites for hydroxylation is 1. The number of rotatable bonds is 2. The fourth-order valence-electron chi connectivity index (χ4n) is 0.965. The maximum Gasteiger partial charge on any atom is 0.150 e. The molecule has 0 saturated heterocycles. The Morgan fingerprint density at radius 3 is 2.82 bits per heavy atom. The maximum atomic E-state index is 10.5. The van der Waals surface area contributed by atoms with Crippen LogP contribution in [0.3, 0.4) is 0 Å². The van der Waals surface area contributed by atoms with E-state index in [1.54, 1.807) is 0 Å². The number of alkyl halides is 1. The van der Waals surface area contributed by atoms with Gasteiger partial charge in [-0.1, -0.05) is 39.7 Å². The van der Waals surface area contributed by atoms with Crippen LogP contribution < -0.4 is 0 Å². The molecule has 0 spiro atoms. The van der Waals surface area contributed by atoms with Crippen molar-refractivity contribution in [3.63, 3.8) is 0 Å². The number of benzene rings is 1. The third-order valence-corrected chi connectivity index (χ3v) is 2.17. The monoisotopic (exact) mass is 212 g/mol. The fourth-order valence-corrected chi connectivity index (χ4v) is 1.45. The minimum absolute atomic E-state index is 0.739. The molecule has 0 bridgehead atoms. The van der Waals surface area contributed by atoms with Crippen molar-refractivity contribution in [1.29, 1.82) is 0 Å². The summed E-state index contributed by atoms with van der Waals surface area (Å²) in [5, 5.41) is 0.739. The molecule has 1 aromatic carbocycles. The van der Waals surface area contributed by atoms with Crippen LogP contribution in [0.1, 0.15) is 21.5 Å². The van der Waals surface area contributed by atoms with Crippen LogP contribution in [-0.4, -0.2) is 6.29 Å². The van der Waals surface area contributed by atoms with Crippen molar-refractivity contribution in [3.8, 4) is 0 Å². The molecule has 0 N–H and O–H groups in total. The van der Waals surface area contributed by atoms with Crippen molar-refractivity contribution in [2.24, 2.45) is 0 Å². The molecule has 0 fully saturated rings. The quantitative estimate of drug-likeness (QED) is 0.545. The first-order valence-electron chi connectivity index (χ1n) is 3.38. The Morgan fingerprint density at radius 2 is 2.27 bits per heavy atom. The first-order chi connectivity index (χ1) is 5.27. The highest BCUT2D eigenvalue weighted by Gasteiger charge is 1.98. The largest absolute Gasteiger partial charge is 0.298 e. The second-order valence-electron chi connectivity index (χ2n) is 2.45. The molecule has 1 nitrogen and oxygen atoms in total. The Bertz CT molecular complexity index is 268. The van der Waals surface area contributed by atoms with E-state index >= 15 is 0 Å². The Morgan fingerprint density at radius 1 is 1.55 bits per heavy atom. The molecule has 0 saturated carbocycles. The van der Waals surface area contributed by atoms with Crippen molar-refractivity contribution in [1.82, 2.24) is 0 Å². The average molecular weight is 213 g/mol. The molecule has 0 atom stereocenters. The van der Waals surface area contributed by atoms with Crippen molar-refractivity contribution < 1.29 is 4.79 Å². The lowest BCUT2D eigenvalue weighted by molar-refractivity contribution is 0.112. The normalized spacial score (nSPS) is 9.64. The van der Waals surface area contributed by atoms with Crippen LogP contribution in [0.2, 0.25) is 0 Å². The van der Waals surface area contributed by atoms with E-state index in [2.05, 4.69) is 15.9 Å². The first-order valence-corrected chi connectivity index (χ1v) is 4.50. The van der Waals surface area contributed by atoms with Crippen LogP contribution in [-0.2, 0) is 5.33 Å². The van der Waals surface area contributed by atoms with E-state index in [0.29, 0.717) is 0 Å². The Labute approximate surface area is 74.6 Å². The van der Waals surface area contributed by atoms with Gasteiger partial charge >= 0.3 is 0 Å². The summed E-state index contributed by atoms with van der Waals surface area (Å²) in [5.41, 5.74) is 3.01. The molecule has 0 aliphatic heterocycles. The number of carbonyl (C=O) groups excluding carboxylic acids is 1. The molecule has 1 rings (SSSR count). The van der Waals surface area contributed by atoms with E-state index in [4.69, 9.17) is 0 Å². The third kappa shape index (κ3) is 1.90. The zero-order valence-corrected chi connectivity index (χ0v) is 7.89. The Kier molecular flexibility index (Phi) is 2.83. The van der Waals surface area contributed by atoms with E-state index < -0.39 is 0 Å². The zero-order chi connectivity index (χ0) is 8.27. The predicted octanol–water partition coefficient (Wildman–Crippen LogP) is 2.70.